The van der Waals surface area contributed by atoms with Crippen molar-refractivity contribution in [2.75, 3.05) is 0 Å². The van der Waals surface area contributed by atoms with Gasteiger partial charge in [-0.1, -0.05) is 13.8 Å². The maximum absolute atomic E-state index is 11.4. The van der Waals surface area contributed by atoms with Gasteiger partial charge in [0.05, 0.1) is 17.3 Å². The predicted molar refractivity (Wildman–Crippen MR) is 83.6 cm³/mol. The van der Waals surface area contributed by atoms with Gasteiger partial charge in [-0.2, -0.15) is 10.2 Å². The Morgan fingerprint density at radius 2 is 1.86 bits per heavy atom. The molecule has 5 nitrogen and oxygen atoms in total. The lowest BCUT2D eigenvalue weighted by atomic mass is 10.1. The highest BCUT2D eigenvalue weighted by Gasteiger charge is 2.21. The third-order valence-electron chi connectivity index (χ3n) is 4.12. The van der Waals surface area contributed by atoms with E-state index in [2.05, 4.69) is 25.9 Å². The van der Waals surface area contributed by atoms with Crippen molar-refractivity contribution in [1.29, 1.82) is 0 Å². The quantitative estimate of drug-likeness (QED) is 0.764. The molecule has 0 radical (unpaired) electrons. The monoisotopic (exact) mass is 288 g/mol. The maximum Gasteiger partial charge on any atom is 0.153 e. The predicted octanol–water partition coefficient (Wildman–Crippen LogP) is 3.56. The molecule has 0 N–H and O–H groups in total. The van der Waals surface area contributed by atoms with Gasteiger partial charge in [0.1, 0.15) is 5.69 Å². The molecule has 0 aliphatic carbocycles. The van der Waals surface area contributed by atoms with E-state index in [1.54, 1.807) is 0 Å². The average Bonchev–Trinajstić information content (AvgIpc) is 3.01. The van der Waals surface area contributed by atoms with Gasteiger partial charge in [0.15, 0.2) is 6.29 Å². The molecule has 2 heterocycles. The summed E-state index contributed by atoms with van der Waals surface area (Å²) < 4.78 is 3.89. The maximum atomic E-state index is 11.4. The molecule has 2 rings (SSSR count). The summed E-state index contributed by atoms with van der Waals surface area (Å²) in [6, 6.07) is 0.333. The van der Waals surface area contributed by atoms with Crippen LogP contribution in [-0.2, 0) is 6.54 Å². The van der Waals surface area contributed by atoms with Crippen molar-refractivity contribution in [1.82, 2.24) is 19.6 Å². The van der Waals surface area contributed by atoms with E-state index in [9.17, 15) is 4.79 Å². The summed E-state index contributed by atoms with van der Waals surface area (Å²) in [5.74, 6) is 0. The van der Waals surface area contributed by atoms with Crippen LogP contribution in [0, 0.1) is 13.8 Å². The zero-order valence-corrected chi connectivity index (χ0v) is 13.6. The fraction of sp³-hybridized carbons (Fsp3) is 0.562. The number of aromatic nitrogens is 4. The van der Waals surface area contributed by atoms with Crippen molar-refractivity contribution in [3.8, 4) is 11.3 Å². The van der Waals surface area contributed by atoms with Crippen molar-refractivity contribution in [2.45, 2.75) is 60.0 Å². The van der Waals surface area contributed by atoms with E-state index in [1.165, 1.54) is 0 Å². The van der Waals surface area contributed by atoms with E-state index in [4.69, 9.17) is 5.10 Å². The van der Waals surface area contributed by atoms with E-state index < -0.39 is 0 Å². The molecule has 0 amide bonds. The number of carbonyl (C=O) groups excluding carboxylic acids is 1. The molecule has 114 valence electrons. The van der Waals surface area contributed by atoms with Gasteiger partial charge >= 0.3 is 0 Å². The van der Waals surface area contributed by atoms with E-state index in [-0.39, 0.29) is 0 Å². The minimum Gasteiger partial charge on any atom is -0.298 e. The molecule has 5 heteroatoms. The Morgan fingerprint density at radius 1 is 1.19 bits per heavy atom. The molecule has 21 heavy (non-hydrogen) atoms. The number of rotatable bonds is 6. The molecule has 2 aromatic rings. The summed E-state index contributed by atoms with van der Waals surface area (Å²) in [5, 5.41) is 9.22. The fourth-order valence-electron chi connectivity index (χ4n) is 2.88. The first-order valence-corrected chi connectivity index (χ1v) is 7.65. The lowest BCUT2D eigenvalue weighted by Crippen LogP contribution is -2.07. The molecular weight excluding hydrogens is 264 g/mol. The number of nitrogens with zero attached hydrogens (tertiary/aromatic N) is 4. The van der Waals surface area contributed by atoms with E-state index in [1.807, 2.05) is 29.4 Å². The van der Waals surface area contributed by atoms with Crippen LogP contribution in [-0.4, -0.2) is 25.8 Å². The summed E-state index contributed by atoms with van der Waals surface area (Å²) >= 11 is 0. The van der Waals surface area contributed by atoms with Crippen molar-refractivity contribution in [2.24, 2.45) is 0 Å². The molecule has 0 aliphatic rings. The van der Waals surface area contributed by atoms with Crippen molar-refractivity contribution in [3.63, 3.8) is 0 Å². The van der Waals surface area contributed by atoms with Gasteiger partial charge in [0.25, 0.3) is 0 Å². The topological polar surface area (TPSA) is 52.7 Å². The highest BCUT2D eigenvalue weighted by Crippen LogP contribution is 2.29. The zero-order chi connectivity index (χ0) is 15.6. The third-order valence-corrected chi connectivity index (χ3v) is 4.12. The summed E-state index contributed by atoms with van der Waals surface area (Å²) in [5.41, 5.74) is 4.37. The van der Waals surface area contributed by atoms with Crippen molar-refractivity contribution < 1.29 is 4.79 Å². The van der Waals surface area contributed by atoms with Crippen LogP contribution < -0.4 is 0 Å². The number of aldehydes is 1. The summed E-state index contributed by atoms with van der Waals surface area (Å²) in [4.78, 5) is 11.4. The van der Waals surface area contributed by atoms with Crippen LogP contribution in [0.3, 0.4) is 0 Å². The highest BCUT2D eigenvalue weighted by molar-refractivity contribution is 5.86. The molecule has 0 aliphatic heterocycles. The van der Waals surface area contributed by atoms with Crippen LogP contribution in [0.5, 0.6) is 0 Å². The molecule has 0 atom stereocenters. The molecule has 0 fully saturated rings. The van der Waals surface area contributed by atoms with Gasteiger partial charge in [-0.3, -0.25) is 14.2 Å². The van der Waals surface area contributed by atoms with Gasteiger partial charge in [-0.25, -0.2) is 0 Å². The van der Waals surface area contributed by atoms with Gasteiger partial charge in [0, 0.05) is 24.0 Å². The second-order valence-electron chi connectivity index (χ2n) is 5.36. The normalized spacial score (nSPS) is 11.3. The number of carbonyl (C=O) groups is 1. The second-order valence-corrected chi connectivity index (χ2v) is 5.36. The van der Waals surface area contributed by atoms with Crippen LogP contribution in [0.4, 0.5) is 0 Å². The molecule has 0 saturated heterocycles. The molecule has 2 aromatic heterocycles. The third kappa shape index (κ3) is 2.64. The first-order valence-electron chi connectivity index (χ1n) is 7.65. The summed E-state index contributed by atoms with van der Waals surface area (Å²) in [6.45, 7) is 11.2. The molecule has 0 unspecified atom stereocenters. The van der Waals surface area contributed by atoms with Crippen LogP contribution in [0.1, 0.15) is 61.4 Å². The minimum atomic E-state index is 0.333. The Labute approximate surface area is 126 Å². The zero-order valence-electron chi connectivity index (χ0n) is 13.6. The minimum absolute atomic E-state index is 0.333. The number of aryl methyl sites for hydroxylation is 2. The van der Waals surface area contributed by atoms with E-state index in [0.717, 1.165) is 48.3 Å². The van der Waals surface area contributed by atoms with E-state index in [0.29, 0.717) is 11.6 Å². The Hall–Kier alpha value is -1.91. The van der Waals surface area contributed by atoms with Crippen LogP contribution in [0.2, 0.25) is 0 Å². The largest absolute Gasteiger partial charge is 0.298 e. The average molecular weight is 288 g/mol. The first kappa shape index (κ1) is 15.5. The van der Waals surface area contributed by atoms with Gasteiger partial charge in [0.2, 0.25) is 0 Å². The van der Waals surface area contributed by atoms with Crippen LogP contribution in [0.15, 0.2) is 6.20 Å². The Morgan fingerprint density at radius 3 is 2.33 bits per heavy atom. The number of hydrogen-bond acceptors (Lipinski definition) is 3. The molecule has 0 saturated carbocycles. The molecule has 0 bridgehead atoms. The van der Waals surface area contributed by atoms with Crippen molar-refractivity contribution >= 4 is 6.29 Å². The summed E-state index contributed by atoms with van der Waals surface area (Å²) in [6.07, 6.45) is 4.76. The first-order chi connectivity index (χ1) is 10.1. The lowest BCUT2D eigenvalue weighted by molar-refractivity contribution is 0.112. The fourth-order valence-corrected chi connectivity index (χ4v) is 2.88. The second kappa shape index (κ2) is 6.24. The smallest absolute Gasteiger partial charge is 0.153 e. The van der Waals surface area contributed by atoms with Crippen LogP contribution in [0.25, 0.3) is 11.3 Å². The molecule has 0 spiro atoms. The highest BCUT2D eigenvalue weighted by atomic mass is 16.1. The Kier molecular flexibility index (Phi) is 4.60. The van der Waals surface area contributed by atoms with Crippen LogP contribution >= 0.6 is 0 Å². The molecular formula is C16H24N4O. The van der Waals surface area contributed by atoms with Crippen molar-refractivity contribution in [3.05, 3.63) is 23.1 Å². The van der Waals surface area contributed by atoms with Gasteiger partial charge in [-0.15, -0.1) is 0 Å². The lowest BCUT2D eigenvalue weighted by Gasteiger charge is -2.12. The van der Waals surface area contributed by atoms with E-state index >= 15 is 0 Å². The Balaban J connectivity index is 2.58. The Bertz CT molecular complexity index is 635. The summed E-state index contributed by atoms with van der Waals surface area (Å²) in [7, 11) is 0. The standard InChI is InChI=1S/C16H24N4O/c1-6-14(7-2)20-9-13(10-21)16(18-20)15-11(4)17-19(8-3)12(15)5/h9-10,14H,6-8H2,1-5H3. The van der Waals surface area contributed by atoms with Gasteiger partial charge in [-0.05, 0) is 33.6 Å². The number of hydrogen-bond donors (Lipinski definition) is 0. The van der Waals surface area contributed by atoms with Gasteiger partial charge < -0.3 is 0 Å². The SMILES string of the molecule is CCC(CC)n1cc(C=O)c(-c2c(C)nn(CC)c2C)n1. The molecule has 0 aromatic carbocycles.